The van der Waals surface area contributed by atoms with Gasteiger partial charge in [-0.05, 0) is 48.4 Å². The summed E-state index contributed by atoms with van der Waals surface area (Å²) in [5.74, 6) is -0.511. The minimum Gasteiger partial charge on any atom is -0.507 e. The summed E-state index contributed by atoms with van der Waals surface area (Å²) in [7, 11) is 0. The Morgan fingerprint density at radius 2 is 1.61 bits per heavy atom. The second-order valence-electron chi connectivity index (χ2n) is 9.44. The van der Waals surface area contributed by atoms with Gasteiger partial charge in [-0.2, -0.15) is 0 Å². The highest BCUT2D eigenvalue weighted by molar-refractivity contribution is 7.22. The number of aliphatic hydroxyl groups is 1. The summed E-state index contributed by atoms with van der Waals surface area (Å²) in [4.78, 5) is 33.2. The van der Waals surface area contributed by atoms with Crippen LogP contribution in [0.3, 0.4) is 0 Å². The van der Waals surface area contributed by atoms with Crippen LogP contribution in [0.2, 0.25) is 0 Å². The maximum atomic E-state index is 13.6. The van der Waals surface area contributed by atoms with Crippen LogP contribution in [-0.2, 0) is 16.2 Å². The van der Waals surface area contributed by atoms with Gasteiger partial charge in [-0.15, -0.1) is 0 Å². The van der Waals surface area contributed by atoms with Crippen molar-refractivity contribution in [1.29, 1.82) is 0 Å². The van der Waals surface area contributed by atoms with Crippen LogP contribution in [0, 0.1) is 0 Å². The summed E-state index contributed by atoms with van der Waals surface area (Å²) in [5, 5.41) is 11.7. The Morgan fingerprint density at radius 3 is 2.37 bits per heavy atom. The van der Waals surface area contributed by atoms with Crippen LogP contribution in [0.4, 0.5) is 5.13 Å². The van der Waals surface area contributed by atoms with Gasteiger partial charge in [-0.1, -0.05) is 84.1 Å². The molecule has 4 aromatic carbocycles. The molecule has 5 aromatic rings. The molecule has 7 nitrogen and oxygen atoms in total. The molecule has 0 radical (unpaired) electrons. The van der Waals surface area contributed by atoms with E-state index in [1.165, 1.54) is 16.2 Å². The monoisotopic (exact) mass is 562 g/mol. The number of rotatable bonds is 8. The van der Waals surface area contributed by atoms with Crippen LogP contribution in [0.25, 0.3) is 16.0 Å². The highest BCUT2D eigenvalue weighted by atomic mass is 32.1. The molecule has 1 unspecified atom stereocenters. The quantitative estimate of drug-likeness (QED) is 0.126. The lowest BCUT2D eigenvalue weighted by Gasteiger charge is -2.23. The van der Waals surface area contributed by atoms with Crippen LogP contribution in [0.1, 0.15) is 29.7 Å². The number of nitrogens with zero attached hydrogens (tertiary/aromatic N) is 2. The molecule has 2 heterocycles. The first kappa shape index (κ1) is 26.3. The van der Waals surface area contributed by atoms with E-state index < -0.39 is 17.7 Å². The van der Waals surface area contributed by atoms with Crippen LogP contribution in [0.15, 0.2) is 109 Å². The number of carbonyl (C=O) groups excluding carboxylic acids is 2. The zero-order valence-corrected chi connectivity index (χ0v) is 23.0. The molecule has 1 aromatic heterocycles. The Balaban J connectivity index is 1.46. The second kappa shape index (κ2) is 11.3. The van der Waals surface area contributed by atoms with Gasteiger partial charge in [0.2, 0.25) is 0 Å². The molecular weight excluding hydrogens is 536 g/mol. The molecule has 1 aliphatic rings. The van der Waals surface area contributed by atoms with Crippen molar-refractivity contribution in [3.05, 3.63) is 125 Å². The van der Waals surface area contributed by atoms with Gasteiger partial charge >= 0.3 is 5.91 Å². The molecule has 0 aliphatic carbocycles. The van der Waals surface area contributed by atoms with E-state index in [1.807, 2.05) is 79.7 Å². The number of hydrogen-bond acceptors (Lipinski definition) is 7. The summed E-state index contributed by atoms with van der Waals surface area (Å²) in [5.41, 5.74) is 2.74. The molecule has 204 valence electrons. The Hall–Kier alpha value is -4.95. The first-order chi connectivity index (χ1) is 20.0. The minimum atomic E-state index is -0.914. The molecule has 1 saturated heterocycles. The predicted molar refractivity (Wildman–Crippen MR) is 159 cm³/mol. The van der Waals surface area contributed by atoms with E-state index in [0.717, 1.165) is 10.3 Å². The predicted octanol–water partition coefficient (Wildman–Crippen LogP) is 6.90. The van der Waals surface area contributed by atoms with Crippen molar-refractivity contribution < 1.29 is 24.2 Å². The third-order valence-electron chi connectivity index (χ3n) is 6.78. The third kappa shape index (κ3) is 5.17. The lowest BCUT2D eigenvalue weighted by Crippen LogP contribution is -2.29. The van der Waals surface area contributed by atoms with Gasteiger partial charge in [-0.25, -0.2) is 4.98 Å². The van der Waals surface area contributed by atoms with E-state index in [4.69, 9.17) is 14.5 Å². The van der Waals surface area contributed by atoms with Crippen molar-refractivity contribution in [3.63, 3.8) is 0 Å². The van der Waals surface area contributed by atoms with Crippen molar-refractivity contribution in [2.45, 2.75) is 19.6 Å². The van der Waals surface area contributed by atoms with E-state index in [1.54, 1.807) is 30.3 Å². The molecule has 0 bridgehead atoms. The number of aliphatic hydroxyl groups excluding tert-OH is 1. The number of Topliss-reactive ketones (excluding diaryl/α,β-unsaturated/α-hetero) is 1. The van der Waals surface area contributed by atoms with Crippen LogP contribution >= 0.6 is 11.3 Å². The van der Waals surface area contributed by atoms with Gasteiger partial charge < -0.3 is 14.6 Å². The van der Waals surface area contributed by atoms with Crippen molar-refractivity contribution in [2.24, 2.45) is 0 Å². The SMILES string of the molecule is CCOc1ccc2nc(N3C(=O)C(=O)C(=C(O)c4ccccc4)C3c3cccc(OCc4ccccc4)c3)sc2c1. The van der Waals surface area contributed by atoms with E-state index in [0.29, 0.717) is 46.5 Å². The molecule has 1 fully saturated rings. The van der Waals surface area contributed by atoms with E-state index in [2.05, 4.69) is 0 Å². The largest absolute Gasteiger partial charge is 0.507 e. The van der Waals surface area contributed by atoms with Crippen molar-refractivity contribution in [1.82, 2.24) is 4.98 Å². The van der Waals surface area contributed by atoms with Gasteiger partial charge in [0.05, 0.1) is 28.4 Å². The Labute approximate surface area is 240 Å². The standard InChI is InChI=1S/C33H26N2O5S/c1-2-39-25-16-17-26-27(19-25)41-33(34-26)35-29(28(31(37)32(35)38)30(36)22-12-7-4-8-13-22)23-14-9-15-24(18-23)40-20-21-10-5-3-6-11-21/h3-19,29,36H,2,20H2,1H3. The van der Waals surface area contributed by atoms with Gasteiger partial charge in [0, 0.05) is 5.56 Å². The van der Waals surface area contributed by atoms with E-state index in [-0.39, 0.29) is 11.3 Å². The smallest absolute Gasteiger partial charge is 0.301 e. The summed E-state index contributed by atoms with van der Waals surface area (Å²) in [6, 6.07) is 30.4. The van der Waals surface area contributed by atoms with Crippen LogP contribution in [-0.4, -0.2) is 28.4 Å². The Bertz CT molecular complexity index is 1760. The number of benzene rings is 4. The summed E-state index contributed by atoms with van der Waals surface area (Å²) < 4.78 is 12.5. The van der Waals surface area contributed by atoms with E-state index >= 15 is 0 Å². The van der Waals surface area contributed by atoms with Gasteiger partial charge in [-0.3, -0.25) is 14.5 Å². The zero-order chi connectivity index (χ0) is 28.3. The fourth-order valence-electron chi connectivity index (χ4n) is 4.86. The number of hydrogen-bond donors (Lipinski definition) is 1. The number of ether oxygens (including phenoxy) is 2. The first-order valence-corrected chi connectivity index (χ1v) is 14.0. The van der Waals surface area contributed by atoms with Gasteiger partial charge in [0.1, 0.15) is 23.9 Å². The topological polar surface area (TPSA) is 89.0 Å². The Kier molecular flexibility index (Phi) is 7.22. The normalized spacial score (nSPS) is 16.3. The zero-order valence-electron chi connectivity index (χ0n) is 22.2. The lowest BCUT2D eigenvalue weighted by molar-refractivity contribution is -0.132. The lowest BCUT2D eigenvalue weighted by atomic mass is 9.95. The number of aromatic nitrogens is 1. The molecule has 41 heavy (non-hydrogen) atoms. The maximum absolute atomic E-state index is 13.6. The van der Waals surface area contributed by atoms with Gasteiger partial charge in [0.25, 0.3) is 5.78 Å². The third-order valence-corrected chi connectivity index (χ3v) is 7.80. The molecule has 1 aliphatic heterocycles. The number of fused-ring (bicyclic) bond motifs is 1. The molecule has 1 amide bonds. The van der Waals surface area contributed by atoms with Crippen molar-refractivity contribution in [2.75, 3.05) is 11.5 Å². The number of anilines is 1. The molecule has 0 spiro atoms. The number of amides is 1. The summed E-state index contributed by atoms with van der Waals surface area (Å²) in [6.07, 6.45) is 0. The summed E-state index contributed by atoms with van der Waals surface area (Å²) in [6.45, 7) is 2.79. The fraction of sp³-hybridized carbons (Fsp3) is 0.121. The van der Waals surface area contributed by atoms with Crippen molar-refractivity contribution in [3.8, 4) is 11.5 Å². The highest BCUT2D eigenvalue weighted by Crippen LogP contribution is 2.45. The molecule has 1 N–H and O–H groups in total. The van der Waals surface area contributed by atoms with Gasteiger partial charge in [0.15, 0.2) is 5.13 Å². The van der Waals surface area contributed by atoms with E-state index in [9.17, 15) is 14.7 Å². The highest BCUT2D eigenvalue weighted by Gasteiger charge is 2.48. The molecule has 0 saturated carbocycles. The average molecular weight is 563 g/mol. The maximum Gasteiger partial charge on any atom is 0.301 e. The molecular formula is C33H26N2O5S. The van der Waals surface area contributed by atoms with Crippen LogP contribution < -0.4 is 14.4 Å². The van der Waals surface area contributed by atoms with Crippen molar-refractivity contribution >= 4 is 44.1 Å². The molecule has 6 rings (SSSR count). The number of ketones is 1. The fourth-order valence-corrected chi connectivity index (χ4v) is 5.89. The average Bonchev–Trinajstić information content (AvgIpc) is 3.54. The first-order valence-electron chi connectivity index (χ1n) is 13.2. The number of thiazole rings is 1. The molecule has 1 atom stereocenters. The van der Waals surface area contributed by atoms with Crippen LogP contribution in [0.5, 0.6) is 11.5 Å². The molecule has 8 heteroatoms. The summed E-state index contributed by atoms with van der Waals surface area (Å²) >= 11 is 1.29. The second-order valence-corrected chi connectivity index (χ2v) is 10.4. The Morgan fingerprint density at radius 1 is 0.878 bits per heavy atom. The number of carbonyl (C=O) groups is 2. The minimum absolute atomic E-state index is 0.00401.